The highest BCUT2D eigenvalue weighted by Gasteiger charge is 2.13. The number of hydrogen-bond acceptors (Lipinski definition) is 4. The summed E-state index contributed by atoms with van der Waals surface area (Å²) in [4.78, 5) is 12.2. The van der Waals surface area contributed by atoms with Crippen LogP contribution in [0.3, 0.4) is 0 Å². The van der Waals surface area contributed by atoms with E-state index in [9.17, 15) is 15.2 Å². The van der Waals surface area contributed by atoms with Gasteiger partial charge in [-0.1, -0.05) is 17.8 Å². The van der Waals surface area contributed by atoms with Gasteiger partial charge in [-0.25, -0.2) is 0 Å². The summed E-state index contributed by atoms with van der Waals surface area (Å²) in [5, 5.41) is 20.0. The molecule has 0 bridgehead atoms. The minimum absolute atomic E-state index is 0.124. The first kappa shape index (κ1) is 12.4. The van der Waals surface area contributed by atoms with Gasteiger partial charge in [-0.3, -0.25) is 10.1 Å². The number of hydrogen-bond donors (Lipinski definition) is 1. The second kappa shape index (κ2) is 5.10. The van der Waals surface area contributed by atoms with Gasteiger partial charge in [0.15, 0.2) is 0 Å². The molecule has 0 atom stereocenters. The molecule has 0 spiro atoms. The van der Waals surface area contributed by atoms with E-state index < -0.39 is 0 Å². The van der Waals surface area contributed by atoms with E-state index in [1.165, 1.54) is 17.8 Å². The van der Waals surface area contributed by atoms with E-state index in [4.69, 9.17) is 0 Å². The average molecular weight is 261 g/mol. The van der Waals surface area contributed by atoms with Crippen LogP contribution in [0.5, 0.6) is 5.75 Å². The highest BCUT2D eigenvalue weighted by molar-refractivity contribution is 7.99. The van der Waals surface area contributed by atoms with Crippen LogP contribution in [0.25, 0.3) is 0 Å². The molecule has 5 heteroatoms. The Morgan fingerprint density at radius 3 is 2.44 bits per heavy atom. The minimum Gasteiger partial charge on any atom is -0.508 e. The topological polar surface area (TPSA) is 63.4 Å². The first-order valence-corrected chi connectivity index (χ1v) is 6.10. The molecule has 2 rings (SSSR count). The van der Waals surface area contributed by atoms with E-state index in [1.54, 1.807) is 37.3 Å². The Balaban J connectivity index is 2.32. The molecule has 2 aromatic carbocycles. The number of rotatable bonds is 3. The number of benzene rings is 2. The highest BCUT2D eigenvalue weighted by Crippen LogP contribution is 2.34. The minimum atomic E-state index is -0.379. The van der Waals surface area contributed by atoms with E-state index in [1.807, 2.05) is 6.07 Å². The highest BCUT2D eigenvalue weighted by atomic mass is 32.2. The molecule has 0 aromatic heterocycles. The smallest absolute Gasteiger partial charge is 0.273 e. The Kier molecular flexibility index (Phi) is 3.53. The molecule has 0 aliphatic carbocycles. The van der Waals surface area contributed by atoms with Crippen LogP contribution >= 0.6 is 11.8 Å². The summed E-state index contributed by atoms with van der Waals surface area (Å²) in [6.07, 6.45) is 0. The summed E-state index contributed by atoms with van der Waals surface area (Å²) in [6.45, 7) is 1.74. The quantitative estimate of drug-likeness (QED) is 0.675. The van der Waals surface area contributed by atoms with Crippen LogP contribution < -0.4 is 0 Å². The summed E-state index contributed by atoms with van der Waals surface area (Å²) in [5.74, 6) is 0.204. The van der Waals surface area contributed by atoms with E-state index in [0.717, 1.165) is 9.79 Å². The lowest BCUT2D eigenvalue weighted by Crippen LogP contribution is -1.92. The van der Waals surface area contributed by atoms with Gasteiger partial charge in [-0.15, -0.1) is 0 Å². The molecule has 2 aromatic rings. The zero-order valence-corrected chi connectivity index (χ0v) is 10.5. The second-order valence-corrected chi connectivity index (χ2v) is 4.87. The van der Waals surface area contributed by atoms with Crippen LogP contribution in [0.15, 0.2) is 52.3 Å². The molecule has 0 saturated heterocycles. The van der Waals surface area contributed by atoms with Crippen molar-refractivity contribution in [2.75, 3.05) is 0 Å². The number of phenolic OH excluding ortho intramolecular Hbond substituents is 1. The van der Waals surface area contributed by atoms with Crippen LogP contribution in [0.4, 0.5) is 5.69 Å². The van der Waals surface area contributed by atoms with Crippen molar-refractivity contribution in [2.45, 2.75) is 16.7 Å². The van der Waals surface area contributed by atoms with E-state index in [0.29, 0.717) is 5.56 Å². The van der Waals surface area contributed by atoms with Crippen molar-refractivity contribution in [3.05, 3.63) is 58.1 Å². The van der Waals surface area contributed by atoms with Crippen molar-refractivity contribution in [3.8, 4) is 5.75 Å². The van der Waals surface area contributed by atoms with Crippen LogP contribution in [0.2, 0.25) is 0 Å². The molecule has 0 radical (unpaired) electrons. The third kappa shape index (κ3) is 2.62. The molecule has 0 aliphatic rings. The lowest BCUT2D eigenvalue weighted by atomic mass is 10.2. The van der Waals surface area contributed by atoms with Crippen LogP contribution in [0.1, 0.15) is 5.56 Å². The first-order chi connectivity index (χ1) is 8.58. The SMILES string of the molecule is Cc1c(Sc2ccc(O)cc2)cccc1[N+](=O)[O-]. The molecule has 0 heterocycles. The second-order valence-electron chi connectivity index (χ2n) is 3.75. The fourth-order valence-corrected chi connectivity index (χ4v) is 2.48. The molecular weight excluding hydrogens is 250 g/mol. The summed E-state index contributed by atoms with van der Waals surface area (Å²) in [6, 6.07) is 11.8. The summed E-state index contributed by atoms with van der Waals surface area (Å²) in [7, 11) is 0. The van der Waals surface area contributed by atoms with E-state index in [-0.39, 0.29) is 16.4 Å². The van der Waals surface area contributed by atoms with E-state index in [2.05, 4.69) is 0 Å². The number of nitrogens with zero attached hydrogens (tertiary/aromatic N) is 1. The maximum atomic E-state index is 10.8. The Morgan fingerprint density at radius 1 is 1.17 bits per heavy atom. The number of nitro benzene ring substituents is 1. The van der Waals surface area contributed by atoms with Gasteiger partial charge in [0.25, 0.3) is 5.69 Å². The molecule has 18 heavy (non-hydrogen) atoms. The summed E-state index contributed by atoms with van der Waals surface area (Å²) < 4.78 is 0. The van der Waals surface area contributed by atoms with Crippen molar-refractivity contribution in [1.82, 2.24) is 0 Å². The fraction of sp³-hybridized carbons (Fsp3) is 0.0769. The van der Waals surface area contributed by atoms with Crippen LogP contribution in [0, 0.1) is 17.0 Å². The lowest BCUT2D eigenvalue weighted by molar-refractivity contribution is -0.385. The third-order valence-electron chi connectivity index (χ3n) is 2.52. The Morgan fingerprint density at radius 2 is 1.83 bits per heavy atom. The maximum absolute atomic E-state index is 10.8. The van der Waals surface area contributed by atoms with E-state index >= 15 is 0 Å². The zero-order valence-electron chi connectivity index (χ0n) is 9.66. The molecule has 92 valence electrons. The van der Waals surface area contributed by atoms with Crippen molar-refractivity contribution < 1.29 is 10.0 Å². The van der Waals surface area contributed by atoms with Crippen molar-refractivity contribution in [3.63, 3.8) is 0 Å². The molecule has 0 amide bonds. The first-order valence-electron chi connectivity index (χ1n) is 5.29. The van der Waals surface area contributed by atoms with Gasteiger partial charge >= 0.3 is 0 Å². The monoisotopic (exact) mass is 261 g/mol. The average Bonchev–Trinajstić information content (AvgIpc) is 2.34. The lowest BCUT2D eigenvalue weighted by Gasteiger charge is -2.06. The van der Waals surface area contributed by atoms with Gasteiger partial charge in [-0.05, 0) is 37.3 Å². The summed E-state index contributed by atoms with van der Waals surface area (Å²) in [5.41, 5.74) is 0.777. The standard InChI is InChI=1S/C13H11NO3S/c1-9-12(14(16)17)3-2-4-13(9)18-11-7-5-10(15)6-8-11/h2-8,15H,1H3. The van der Waals surface area contributed by atoms with Gasteiger partial charge < -0.3 is 5.11 Å². The van der Waals surface area contributed by atoms with Crippen LogP contribution in [-0.2, 0) is 0 Å². The molecule has 1 N–H and O–H groups in total. The molecule has 0 aliphatic heterocycles. The van der Waals surface area contributed by atoms with Crippen molar-refractivity contribution in [2.24, 2.45) is 0 Å². The predicted octanol–water partition coefficient (Wildman–Crippen LogP) is 3.76. The molecule has 0 fully saturated rings. The normalized spacial score (nSPS) is 10.3. The fourth-order valence-electron chi connectivity index (χ4n) is 1.55. The summed E-state index contributed by atoms with van der Waals surface area (Å²) >= 11 is 1.44. The molecule has 0 saturated carbocycles. The maximum Gasteiger partial charge on any atom is 0.273 e. The number of nitro groups is 1. The van der Waals surface area contributed by atoms with Gasteiger partial charge in [0.1, 0.15) is 5.75 Å². The number of phenols is 1. The Bertz CT molecular complexity index is 581. The van der Waals surface area contributed by atoms with Gasteiger partial charge in [0.05, 0.1) is 4.92 Å². The molecule has 4 nitrogen and oxygen atoms in total. The molecule has 0 unspecified atom stereocenters. The largest absolute Gasteiger partial charge is 0.508 e. The Labute approximate surface area is 108 Å². The third-order valence-corrected chi connectivity index (χ3v) is 3.69. The van der Waals surface area contributed by atoms with Gasteiger partial charge in [0.2, 0.25) is 0 Å². The zero-order chi connectivity index (χ0) is 13.1. The van der Waals surface area contributed by atoms with Gasteiger partial charge in [0, 0.05) is 21.4 Å². The number of aromatic hydroxyl groups is 1. The predicted molar refractivity (Wildman–Crippen MR) is 70.1 cm³/mol. The Hall–Kier alpha value is -2.01. The van der Waals surface area contributed by atoms with Crippen molar-refractivity contribution >= 4 is 17.4 Å². The van der Waals surface area contributed by atoms with Crippen LogP contribution in [-0.4, -0.2) is 10.0 Å². The van der Waals surface area contributed by atoms with Crippen molar-refractivity contribution in [1.29, 1.82) is 0 Å². The van der Waals surface area contributed by atoms with Gasteiger partial charge in [-0.2, -0.15) is 0 Å². The molecular formula is C13H11NO3S.